The minimum Gasteiger partial charge on any atom is -0.372 e. The molecule has 1 aromatic heterocycles. The highest BCUT2D eigenvalue weighted by atomic mass is 16.5. The van der Waals surface area contributed by atoms with Crippen molar-refractivity contribution in [3.63, 3.8) is 0 Å². The summed E-state index contributed by atoms with van der Waals surface area (Å²) in [5.41, 5.74) is 0.287. The molecule has 1 fully saturated rings. The molecular weight excluding hydrogens is 256 g/mol. The summed E-state index contributed by atoms with van der Waals surface area (Å²) in [4.78, 5) is 0. The molecule has 0 unspecified atom stereocenters. The highest BCUT2D eigenvalue weighted by Gasteiger charge is 2.45. The Balaban J connectivity index is 1.96. The van der Waals surface area contributed by atoms with Gasteiger partial charge in [-0.25, -0.2) is 0 Å². The van der Waals surface area contributed by atoms with Crippen molar-refractivity contribution in [2.75, 3.05) is 0 Å². The predicted octanol–water partition coefficient (Wildman–Crippen LogP) is 2.23. The third-order valence-electron chi connectivity index (χ3n) is 3.98. The molecule has 1 N–H and O–H groups in total. The molecule has 0 atom stereocenters. The first-order valence-electron chi connectivity index (χ1n) is 7.24. The Kier molecular flexibility index (Phi) is 4.18. The molecule has 0 radical (unpaired) electrons. The van der Waals surface area contributed by atoms with E-state index in [1.54, 1.807) is 4.68 Å². The Morgan fingerprint density at radius 2 is 1.90 bits per heavy atom. The Bertz CT molecular complexity index is 438. The first kappa shape index (κ1) is 15.4. The molecular formula is C14H26N4O2. The van der Waals surface area contributed by atoms with Gasteiger partial charge in [0.05, 0.1) is 18.9 Å². The largest absolute Gasteiger partial charge is 0.372 e. The monoisotopic (exact) mass is 282 g/mol. The third-order valence-corrected chi connectivity index (χ3v) is 3.98. The average molecular weight is 282 g/mol. The fraction of sp³-hybridized carbons (Fsp3) is 0.857. The molecule has 0 saturated carbocycles. The Hall–Kier alpha value is -0.980. The second-order valence-electron chi connectivity index (χ2n) is 6.84. The van der Waals surface area contributed by atoms with Crippen LogP contribution < -0.4 is 0 Å². The maximum absolute atomic E-state index is 10.3. The van der Waals surface area contributed by atoms with Crippen LogP contribution in [0.1, 0.15) is 53.2 Å². The summed E-state index contributed by atoms with van der Waals surface area (Å²) in [5.74, 6) is 0. The summed E-state index contributed by atoms with van der Waals surface area (Å²) in [6.45, 7) is 11.5. The van der Waals surface area contributed by atoms with Crippen LogP contribution >= 0.6 is 0 Å². The van der Waals surface area contributed by atoms with Gasteiger partial charge in [-0.15, -0.1) is 5.10 Å². The van der Waals surface area contributed by atoms with Crippen LogP contribution in [0.15, 0.2) is 6.20 Å². The number of aromatic nitrogens is 3. The predicted molar refractivity (Wildman–Crippen MR) is 75.3 cm³/mol. The molecule has 20 heavy (non-hydrogen) atoms. The summed E-state index contributed by atoms with van der Waals surface area (Å²) in [6, 6.07) is 0. The average Bonchev–Trinajstić information content (AvgIpc) is 2.81. The number of hydrogen-bond acceptors (Lipinski definition) is 5. The van der Waals surface area contributed by atoms with Crippen molar-refractivity contribution in [2.45, 2.75) is 77.8 Å². The molecule has 1 aliphatic rings. The van der Waals surface area contributed by atoms with E-state index in [2.05, 4.69) is 10.3 Å². The zero-order chi connectivity index (χ0) is 15.0. The van der Waals surface area contributed by atoms with Crippen LogP contribution in [-0.4, -0.2) is 42.4 Å². The lowest BCUT2D eigenvalue weighted by atomic mass is 9.80. The first-order valence-corrected chi connectivity index (χ1v) is 7.24. The van der Waals surface area contributed by atoms with E-state index < -0.39 is 0 Å². The lowest BCUT2D eigenvalue weighted by molar-refractivity contribution is -0.262. The summed E-state index contributed by atoms with van der Waals surface area (Å²) >= 11 is 0. The second kappa shape index (κ2) is 5.42. The van der Waals surface area contributed by atoms with Gasteiger partial charge in [0.1, 0.15) is 5.69 Å². The molecule has 0 amide bonds. The number of ether oxygens (including phenoxy) is 1. The maximum atomic E-state index is 10.3. The van der Waals surface area contributed by atoms with Gasteiger partial charge in [-0.3, -0.25) is 4.68 Å². The number of hydrogen-bond donors (Lipinski definition) is 1. The van der Waals surface area contributed by atoms with E-state index in [0.717, 1.165) is 25.1 Å². The maximum Gasteiger partial charge on any atom is 0.108 e. The molecule has 0 aromatic carbocycles. The zero-order valence-electron chi connectivity index (χ0n) is 13.1. The molecule has 2 heterocycles. The summed E-state index contributed by atoms with van der Waals surface area (Å²) in [7, 11) is 0. The van der Waals surface area contributed by atoms with E-state index in [0.29, 0.717) is 6.61 Å². The Labute approximate surface area is 120 Å². The van der Waals surface area contributed by atoms with E-state index >= 15 is 0 Å². The van der Waals surface area contributed by atoms with Crippen LogP contribution in [0, 0.1) is 0 Å². The number of nitrogens with zero attached hydrogens (tertiary/aromatic N) is 4. The summed E-state index contributed by atoms with van der Waals surface area (Å²) in [5, 5.41) is 19.8. The molecule has 0 bridgehead atoms. The fourth-order valence-corrected chi connectivity index (χ4v) is 3.06. The topological polar surface area (TPSA) is 63.4 Å². The van der Waals surface area contributed by atoms with Gasteiger partial charge in [0, 0.05) is 17.6 Å². The molecule has 6 heteroatoms. The smallest absolute Gasteiger partial charge is 0.108 e. The van der Waals surface area contributed by atoms with E-state index in [9.17, 15) is 5.21 Å². The molecule has 0 aliphatic carbocycles. The quantitative estimate of drug-likeness (QED) is 0.917. The van der Waals surface area contributed by atoms with E-state index in [1.165, 1.54) is 5.06 Å². The molecule has 1 aromatic rings. The Morgan fingerprint density at radius 1 is 1.30 bits per heavy atom. The van der Waals surface area contributed by atoms with Gasteiger partial charge in [0.15, 0.2) is 0 Å². The molecule has 114 valence electrons. The van der Waals surface area contributed by atoms with Crippen LogP contribution in [-0.2, 0) is 17.9 Å². The van der Waals surface area contributed by atoms with Gasteiger partial charge in [-0.1, -0.05) is 5.21 Å². The van der Waals surface area contributed by atoms with E-state index in [1.807, 2.05) is 40.8 Å². The lowest BCUT2D eigenvalue weighted by Crippen LogP contribution is -2.60. The minimum absolute atomic E-state index is 0.121. The van der Waals surface area contributed by atoms with Crippen molar-refractivity contribution in [3.05, 3.63) is 11.9 Å². The van der Waals surface area contributed by atoms with Crippen molar-refractivity contribution in [2.24, 2.45) is 0 Å². The fourth-order valence-electron chi connectivity index (χ4n) is 3.06. The van der Waals surface area contributed by atoms with Crippen molar-refractivity contribution >= 4 is 0 Å². The van der Waals surface area contributed by atoms with Gasteiger partial charge in [0.2, 0.25) is 0 Å². The van der Waals surface area contributed by atoms with Gasteiger partial charge in [0.25, 0.3) is 0 Å². The van der Waals surface area contributed by atoms with E-state index in [4.69, 9.17) is 4.74 Å². The van der Waals surface area contributed by atoms with Gasteiger partial charge >= 0.3 is 0 Å². The molecule has 6 nitrogen and oxygen atoms in total. The SMILES string of the molecule is CCn1cc(COC2CC(C)(C)N(O)C(C)(C)C2)nn1. The number of hydroxylamine groups is 2. The molecule has 1 saturated heterocycles. The molecule has 1 aliphatic heterocycles. The van der Waals surface area contributed by atoms with E-state index in [-0.39, 0.29) is 17.2 Å². The van der Waals surface area contributed by atoms with Crippen molar-refractivity contribution in [1.29, 1.82) is 0 Å². The zero-order valence-corrected chi connectivity index (χ0v) is 13.1. The summed E-state index contributed by atoms with van der Waals surface area (Å²) < 4.78 is 7.79. The minimum atomic E-state index is -0.284. The second-order valence-corrected chi connectivity index (χ2v) is 6.84. The summed E-state index contributed by atoms with van der Waals surface area (Å²) in [6.07, 6.45) is 3.64. The van der Waals surface area contributed by atoms with Crippen LogP contribution in [0.2, 0.25) is 0 Å². The third kappa shape index (κ3) is 3.19. The standard InChI is InChI=1S/C14H26N4O2/c1-6-17-9-11(15-16-17)10-20-12-7-13(2,3)18(19)14(4,5)8-12/h9,12,19H,6-8,10H2,1-5H3. The number of aryl methyl sites for hydroxylation is 1. The van der Waals surface area contributed by atoms with Gasteiger partial charge in [-0.05, 0) is 47.5 Å². The number of rotatable bonds is 4. The Morgan fingerprint density at radius 3 is 2.40 bits per heavy atom. The van der Waals surface area contributed by atoms with Gasteiger partial charge < -0.3 is 9.94 Å². The highest BCUT2D eigenvalue weighted by Crippen LogP contribution is 2.38. The van der Waals surface area contributed by atoms with Gasteiger partial charge in [-0.2, -0.15) is 5.06 Å². The van der Waals surface area contributed by atoms with Crippen molar-refractivity contribution in [3.8, 4) is 0 Å². The lowest BCUT2D eigenvalue weighted by Gasteiger charge is -2.51. The molecule has 2 rings (SSSR count). The first-order chi connectivity index (χ1) is 9.24. The van der Waals surface area contributed by atoms with Crippen LogP contribution in [0.5, 0.6) is 0 Å². The van der Waals surface area contributed by atoms with Crippen LogP contribution in [0.3, 0.4) is 0 Å². The van der Waals surface area contributed by atoms with Crippen LogP contribution in [0.25, 0.3) is 0 Å². The molecule has 0 spiro atoms. The van der Waals surface area contributed by atoms with Crippen LogP contribution in [0.4, 0.5) is 0 Å². The van der Waals surface area contributed by atoms with Crippen molar-refractivity contribution < 1.29 is 9.94 Å². The number of piperidine rings is 1. The normalized spacial score (nSPS) is 23.1. The van der Waals surface area contributed by atoms with Crippen molar-refractivity contribution in [1.82, 2.24) is 20.1 Å². The highest BCUT2D eigenvalue weighted by molar-refractivity contribution is 4.97.